The van der Waals surface area contributed by atoms with Crippen molar-refractivity contribution in [2.24, 2.45) is 5.92 Å². The first-order valence-electron chi connectivity index (χ1n) is 9.50. The summed E-state index contributed by atoms with van der Waals surface area (Å²) in [6.45, 7) is 5.04. The minimum atomic E-state index is -3.59. The van der Waals surface area contributed by atoms with Crippen molar-refractivity contribution in [3.8, 4) is 5.75 Å². The van der Waals surface area contributed by atoms with Crippen LogP contribution in [0.1, 0.15) is 25.3 Å². The third-order valence-corrected chi connectivity index (χ3v) is 6.73. The zero-order valence-electron chi connectivity index (χ0n) is 16.2. The monoisotopic (exact) mass is 402 g/mol. The number of hydrogen-bond donors (Lipinski definition) is 1. The predicted molar refractivity (Wildman–Crippen MR) is 109 cm³/mol. The lowest BCUT2D eigenvalue weighted by atomic mass is 9.99. The third-order valence-electron chi connectivity index (χ3n) is 4.85. The van der Waals surface area contributed by atoms with Gasteiger partial charge in [0.1, 0.15) is 5.75 Å². The highest BCUT2D eigenvalue weighted by Crippen LogP contribution is 2.25. The minimum Gasteiger partial charge on any atom is -0.494 e. The summed E-state index contributed by atoms with van der Waals surface area (Å²) in [7, 11) is -3.59. The van der Waals surface area contributed by atoms with Crippen molar-refractivity contribution < 1.29 is 17.9 Å². The second-order valence-corrected chi connectivity index (χ2v) is 8.90. The molecule has 150 valence electrons. The number of amides is 1. The molecule has 2 aromatic carbocycles. The van der Waals surface area contributed by atoms with Gasteiger partial charge in [0.25, 0.3) is 0 Å². The maximum atomic E-state index is 12.9. The van der Waals surface area contributed by atoms with Crippen LogP contribution < -0.4 is 10.1 Å². The van der Waals surface area contributed by atoms with Crippen LogP contribution in [0.25, 0.3) is 0 Å². The van der Waals surface area contributed by atoms with Crippen LogP contribution in [-0.4, -0.2) is 38.3 Å². The molecular formula is C21H26N2O4S. The van der Waals surface area contributed by atoms with Crippen molar-refractivity contribution in [3.63, 3.8) is 0 Å². The summed E-state index contributed by atoms with van der Waals surface area (Å²) in [4.78, 5) is 12.9. The van der Waals surface area contributed by atoms with Gasteiger partial charge in [0, 0.05) is 18.8 Å². The van der Waals surface area contributed by atoms with Gasteiger partial charge in [0.15, 0.2) is 0 Å². The lowest BCUT2D eigenvalue weighted by Crippen LogP contribution is -2.43. The second-order valence-electron chi connectivity index (χ2n) is 6.96. The quantitative estimate of drug-likeness (QED) is 0.803. The third kappa shape index (κ3) is 4.72. The Hall–Kier alpha value is -2.38. The predicted octanol–water partition coefficient (Wildman–Crippen LogP) is 3.43. The number of piperidine rings is 1. The van der Waals surface area contributed by atoms with E-state index in [1.165, 1.54) is 4.31 Å². The molecule has 1 aliphatic rings. The molecule has 0 radical (unpaired) electrons. The normalized spacial score (nSPS) is 17.9. The van der Waals surface area contributed by atoms with Gasteiger partial charge in [-0.2, -0.15) is 4.31 Å². The van der Waals surface area contributed by atoms with Crippen LogP contribution in [0, 0.1) is 12.8 Å². The van der Waals surface area contributed by atoms with E-state index < -0.39 is 10.0 Å². The van der Waals surface area contributed by atoms with E-state index in [1.807, 2.05) is 13.8 Å². The molecule has 28 heavy (non-hydrogen) atoms. The number of aryl methyl sites for hydroxylation is 1. The summed E-state index contributed by atoms with van der Waals surface area (Å²) in [5.74, 6) is 0.210. The molecule has 1 aliphatic heterocycles. The van der Waals surface area contributed by atoms with Crippen LogP contribution >= 0.6 is 0 Å². The molecule has 0 saturated carbocycles. The molecule has 1 heterocycles. The largest absolute Gasteiger partial charge is 0.494 e. The first kappa shape index (κ1) is 20.4. The Kier molecular flexibility index (Phi) is 6.36. The number of carbonyl (C=O) groups is 1. The average Bonchev–Trinajstić information content (AvgIpc) is 2.70. The molecule has 1 atom stereocenters. The molecule has 7 heteroatoms. The molecule has 1 saturated heterocycles. The van der Waals surface area contributed by atoms with Crippen molar-refractivity contribution in [2.75, 3.05) is 25.0 Å². The number of rotatable bonds is 6. The van der Waals surface area contributed by atoms with E-state index in [2.05, 4.69) is 5.32 Å². The number of carbonyl (C=O) groups excluding carboxylic acids is 1. The highest BCUT2D eigenvalue weighted by atomic mass is 32.2. The average molecular weight is 403 g/mol. The molecule has 0 spiro atoms. The molecule has 0 bridgehead atoms. The molecule has 0 aliphatic carbocycles. The molecule has 3 rings (SSSR count). The van der Waals surface area contributed by atoms with Crippen molar-refractivity contribution in [2.45, 2.75) is 31.6 Å². The van der Waals surface area contributed by atoms with Crippen molar-refractivity contribution in [3.05, 3.63) is 54.1 Å². The Morgan fingerprint density at radius 2 is 1.82 bits per heavy atom. The first-order valence-corrected chi connectivity index (χ1v) is 10.9. The van der Waals surface area contributed by atoms with Crippen LogP contribution in [0.15, 0.2) is 53.4 Å². The molecule has 2 aromatic rings. The topological polar surface area (TPSA) is 75.7 Å². The first-order chi connectivity index (χ1) is 13.4. The Morgan fingerprint density at radius 1 is 1.14 bits per heavy atom. The van der Waals surface area contributed by atoms with Gasteiger partial charge in [-0.05, 0) is 63.1 Å². The summed E-state index contributed by atoms with van der Waals surface area (Å²) in [6.07, 6.45) is 1.33. The number of sulfonamides is 1. The van der Waals surface area contributed by atoms with Crippen LogP contribution in [0.4, 0.5) is 5.69 Å². The Bertz CT molecular complexity index is 908. The summed E-state index contributed by atoms with van der Waals surface area (Å²) < 4.78 is 32.6. The standard InChI is InChI=1S/C21H26N2O4S/c1-3-27-19-10-8-18(9-11-19)22-21(24)17-5-4-14-23(15-17)28(25,26)20-12-6-16(2)7-13-20/h6-13,17H,3-5,14-15H2,1-2H3,(H,22,24). The zero-order chi connectivity index (χ0) is 20.1. The van der Waals surface area contributed by atoms with Gasteiger partial charge < -0.3 is 10.1 Å². The highest BCUT2D eigenvalue weighted by Gasteiger charge is 2.33. The van der Waals surface area contributed by atoms with Gasteiger partial charge >= 0.3 is 0 Å². The fourth-order valence-corrected chi connectivity index (χ4v) is 4.80. The molecule has 1 amide bonds. The molecule has 1 unspecified atom stereocenters. The van der Waals surface area contributed by atoms with Gasteiger partial charge in [-0.1, -0.05) is 17.7 Å². The van der Waals surface area contributed by atoms with Crippen molar-refractivity contribution in [1.29, 1.82) is 0 Å². The van der Waals surface area contributed by atoms with Gasteiger partial charge in [-0.15, -0.1) is 0 Å². The highest BCUT2D eigenvalue weighted by molar-refractivity contribution is 7.89. The molecule has 1 fully saturated rings. The molecule has 1 N–H and O–H groups in total. The number of nitrogens with zero attached hydrogens (tertiary/aromatic N) is 1. The fourth-order valence-electron chi connectivity index (χ4n) is 3.28. The van der Waals surface area contributed by atoms with Gasteiger partial charge in [0.05, 0.1) is 17.4 Å². The Balaban J connectivity index is 1.66. The number of anilines is 1. The van der Waals surface area contributed by atoms with E-state index >= 15 is 0 Å². The van der Waals surface area contributed by atoms with Crippen molar-refractivity contribution in [1.82, 2.24) is 4.31 Å². The number of benzene rings is 2. The van der Waals surface area contributed by atoms with Crippen LogP contribution in [0.3, 0.4) is 0 Å². The summed E-state index contributed by atoms with van der Waals surface area (Å²) in [5, 5.41) is 2.88. The Labute approximate surface area is 166 Å². The lowest BCUT2D eigenvalue weighted by Gasteiger charge is -2.31. The summed E-state index contributed by atoms with van der Waals surface area (Å²) in [6, 6.07) is 14.0. The number of hydrogen-bond acceptors (Lipinski definition) is 4. The molecule has 0 aromatic heterocycles. The van der Waals surface area contributed by atoms with Gasteiger partial charge in [-0.25, -0.2) is 8.42 Å². The summed E-state index contributed by atoms with van der Waals surface area (Å²) in [5.41, 5.74) is 1.68. The van der Waals surface area contributed by atoms with E-state index in [9.17, 15) is 13.2 Å². The second kappa shape index (κ2) is 8.75. The molecule has 6 nitrogen and oxygen atoms in total. The van der Waals surface area contributed by atoms with Crippen LogP contribution in [-0.2, 0) is 14.8 Å². The Morgan fingerprint density at radius 3 is 2.46 bits per heavy atom. The van der Waals surface area contributed by atoms with Gasteiger partial charge in [0.2, 0.25) is 15.9 Å². The fraction of sp³-hybridized carbons (Fsp3) is 0.381. The maximum absolute atomic E-state index is 12.9. The van der Waals surface area contributed by atoms with Gasteiger partial charge in [-0.3, -0.25) is 4.79 Å². The van der Waals surface area contributed by atoms with Crippen LogP contribution in [0.2, 0.25) is 0 Å². The minimum absolute atomic E-state index is 0.159. The lowest BCUT2D eigenvalue weighted by molar-refractivity contribution is -0.120. The van der Waals surface area contributed by atoms with E-state index in [-0.39, 0.29) is 23.3 Å². The van der Waals surface area contributed by atoms with E-state index in [4.69, 9.17) is 4.74 Å². The summed E-state index contributed by atoms with van der Waals surface area (Å²) >= 11 is 0. The smallest absolute Gasteiger partial charge is 0.243 e. The number of nitrogens with one attached hydrogen (secondary N) is 1. The van der Waals surface area contributed by atoms with Crippen LogP contribution in [0.5, 0.6) is 5.75 Å². The zero-order valence-corrected chi connectivity index (χ0v) is 17.0. The van der Waals surface area contributed by atoms with E-state index in [0.29, 0.717) is 31.7 Å². The number of ether oxygens (including phenoxy) is 1. The van der Waals surface area contributed by atoms with E-state index in [1.54, 1.807) is 48.5 Å². The SMILES string of the molecule is CCOc1ccc(NC(=O)C2CCCN(S(=O)(=O)c3ccc(C)cc3)C2)cc1. The van der Waals surface area contributed by atoms with Crippen molar-refractivity contribution >= 4 is 21.6 Å². The molecular weight excluding hydrogens is 376 g/mol. The van der Waals surface area contributed by atoms with E-state index in [0.717, 1.165) is 11.3 Å². The maximum Gasteiger partial charge on any atom is 0.243 e.